The van der Waals surface area contributed by atoms with E-state index < -0.39 is 0 Å². The van der Waals surface area contributed by atoms with Crippen molar-refractivity contribution < 1.29 is 4.74 Å². The first-order valence-corrected chi connectivity index (χ1v) is 13.1. The molecule has 37 heavy (non-hydrogen) atoms. The van der Waals surface area contributed by atoms with E-state index in [9.17, 15) is 0 Å². The molecule has 2 nitrogen and oxygen atoms in total. The van der Waals surface area contributed by atoms with E-state index in [-0.39, 0.29) is 12.1 Å². The van der Waals surface area contributed by atoms with Gasteiger partial charge in [0.15, 0.2) is 0 Å². The molecule has 0 N–H and O–H groups in total. The quantitative estimate of drug-likeness (QED) is 0.237. The smallest absolute Gasteiger partial charge is 0.252 e. The van der Waals surface area contributed by atoms with Crippen LogP contribution < -0.4 is 26.0 Å². The van der Waals surface area contributed by atoms with Gasteiger partial charge in [0, 0.05) is 5.41 Å². The molecule has 178 valence electrons. The monoisotopic (exact) mass is 497 g/mol. The van der Waals surface area contributed by atoms with Crippen LogP contribution in [0.25, 0.3) is 0 Å². The molecule has 0 fully saturated rings. The highest BCUT2D eigenvalue weighted by Gasteiger charge is 2.38. The van der Waals surface area contributed by atoms with Gasteiger partial charge in [-0.1, -0.05) is 110 Å². The lowest BCUT2D eigenvalue weighted by Gasteiger charge is -2.42. The van der Waals surface area contributed by atoms with Gasteiger partial charge >= 0.3 is 0 Å². The van der Waals surface area contributed by atoms with Crippen molar-refractivity contribution in [2.45, 2.75) is 19.3 Å². The molecule has 0 bridgehead atoms. The Labute approximate surface area is 223 Å². The van der Waals surface area contributed by atoms with E-state index in [1.54, 1.807) is 0 Å². The molecular weight excluding hydrogens is 473 g/mol. The van der Waals surface area contributed by atoms with Crippen LogP contribution in [0.3, 0.4) is 0 Å². The molecule has 0 aromatic heterocycles. The van der Waals surface area contributed by atoms with Crippen LogP contribution in [0.2, 0.25) is 5.02 Å². The van der Waals surface area contributed by atoms with E-state index in [1.165, 1.54) is 11.1 Å². The highest BCUT2D eigenvalue weighted by atomic mass is 35.5. The molecule has 4 heteroatoms. The molecule has 7 rings (SSSR count). The SMILES string of the molecule is CC1(C)c2ccccc2N(c2cccc(B3c4ccccc4Oc4ccccc43)c2Cl)c2ccccc21. The molecule has 0 radical (unpaired) electrons. The second-order valence-electron chi connectivity index (χ2n) is 10.3. The summed E-state index contributed by atoms with van der Waals surface area (Å²) in [7, 11) is 0. The van der Waals surface area contributed by atoms with Crippen molar-refractivity contribution in [2.75, 3.05) is 4.90 Å². The number of fused-ring (bicyclic) bond motifs is 4. The van der Waals surface area contributed by atoms with Gasteiger partial charge in [0.2, 0.25) is 0 Å². The van der Waals surface area contributed by atoms with E-state index in [4.69, 9.17) is 16.3 Å². The fourth-order valence-electron chi connectivity index (χ4n) is 6.11. The van der Waals surface area contributed by atoms with Crippen LogP contribution in [-0.2, 0) is 5.41 Å². The van der Waals surface area contributed by atoms with Gasteiger partial charge in [0.25, 0.3) is 6.71 Å². The number of halogens is 1. The Morgan fingerprint density at radius 1 is 0.568 bits per heavy atom. The summed E-state index contributed by atoms with van der Waals surface area (Å²) in [5.74, 6) is 1.76. The maximum atomic E-state index is 7.43. The number of nitrogens with zero attached hydrogens (tertiary/aromatic N) is 1. The van der Waals surface area contributed by atoms with Gasteiger partial charge in [-0.2, -0.15) is 0 Å². The summed E-state index contributed by atoms with van der Waals surface area (Å²) in [5, 5.41) is 0.753. The number of para-hydroxylation sites is 4. The first kappa shape index (κ1) is 22.3. The molecule has 0 spiro atoms. The minimum Gasteiger partial charge on any atom is -0.458 e. The zero-order valence-electron chi connectivity index (χ0n) is 20.8. The van der Waals surface area contributed by atoms with Crippen LogP contribution in [0.5, 0.6) is 11.5 Å². The number of anilines is 3. The lowest BCUT2D eigenvalue weighted by Crippen LogP contribution is -2.55. The highest BCUT2D eigenvalue weighted by Crippen LogP contribution is 2.52. The fraction of sp³-hybridized carbons (Fsp3) is 0.0909. The molecular formula is C33H25BClNO. The van der Waals surface area contributed by atoms with Crippen LogP contribution in [0.4, 0.5) is 17.1 Å². The highest BCUT2D eigenvalue weighted by molar-refractivity contribution is 6.98. The molecule has 0 saturated carbocycles. The maximum absolute atomic E-state index is 7.43. The molecule has 0 aliphatic carbocycles. The van der Waals surface area contributed by atoms with E-state index in [2.05, 4.69) is 110 Å². The standard InChI is InChI=1S/C33H25BClNO/c1-33(2)22-12-3-7-17-27(22)36(28-18-8-4-13-23(28)33)29-19-11-16-26(32(29)35)34-24-14-5-9-20-30(24)37-31-21-10-6-15-25(31)34/h3-21H,1-2H3. The lowest BCUT2D eigenvalue weighted by molar-refractivity contribution is 0.487. The van der Waals surface area contributed by atoms with Crippen molar-refractivity contribution >= 4 is 51.8 Å². The Bertz CT molecular complexity index is 1580. The average Bonchev–Trinajstić information content (AvgIpc) is 2.93. The molecule has 0 unspecified atom stereocenters. The van der Waals surface area contributed by atoms with E-state index in [1.807, 2.05) is 24.3 Å². The van der Waals surface area contributed by atoms with Crippen molar-refractivity contribution in [3.63, 3.8) is 0 Å². The summed E-state index contributed by atoms with van der Waals surface area (Å²) in [5.41, 5.74) is 9.09. The Morgan fingerprint density at radius 3 is 1.62 bits per heavy atom. The van der Waals surface area contributed by atoms with Gasteiger partial charge in [-0.15, -0.1) is 0 Å². The third-order valence-corrected chi connectivity index (χ3v) is 8.29. The molecule has 0 atom stereocenters. The summed E-state index contributed by atoms with van der Waals surface area (Å²) >= 11 is 7.43. The second kappa shape index (κ2) is 8.29. The van der Waals surface area contributed by atoms with Crippen molar-refractivity contribution in [3.05, 3.63) is 131 Å². The summed E-state index contributed by atoms with van der Waals surface area (Å²) < 4.78 is 6.28. The van der Waals surface area contributed by atoms with Gasteiger partial charge in [-0.3, -0.25) is 0 Å². The zero-order chi connectivity index (χ0) is 25.1. The topological polar surface area (TPSA) is 12.5 Å². The number of rotatable bonds is 2. The van der Waals surface area contributed by atoms with Crippen LogP contribution in [0.1, 0.15) is 25.0 Å². The van der Waals surface area contributed by atoms with Crippen molar-refractivity contribution in [1.82, 2.24) is 0 Å². The summed E-state index contributed by atoms with van der Waals surface area (Å²) in [4.78, 5) is 2.33. The average molecular weight is 498 g/mol. The fourth-order valence-corrected chi connectivity index (χ4v) is 6.43. The predicted octanol–water partition coefficient (Wildman–Crippen LogP) is 7.07. The van der Waals surface area contributed by atoms with E-state index in [0.717, 1.165) is 50.0 Å². The number of hydrogen-bond donors (Lipinski definition) is 0. The molecule has 2 aliphatic rings. The third-order valence-electron chi connectivity index (χ3n) is 7.88. The Kier molecular flexibility index (Phi) is 4.99. The van der Waals surface area contributed by atoms with Crippen molar-refractivity contribution in [1.29, 1.82) is 0 Å². The largest absolute Gasteiger partial charge is 0.458 e. The Balaban J connectivity index is 1.47. The van der Waals surface area contributed by atoms with Gasteiger partial charge < -0.3 is 9.64 Å². The number of ether oxygens (including phenoxy) is 1. The minimum atomic E-state index is -0.119. The maximum Gasteiger partial charge on any atom is 0.252 e. The van der Waals surface area contributed by atoms with Gasteiger partial charge in [-0.25, -0.2) is 0 Å². The normalized spacial score (nSPS) is 14.7. The van der Waals surface area contributed by atoms with Crippen LogP contribution in [0, 0.1) is 0 Å². The van der Waals surface area contributed by atoms with Crippen molar-refractivity contribution in [2.24, 2.45) is 0 Å². The van der Waals surface area contributed by atoms with Crippen LogP contribution >= 0.6 is 11.6 Å². The van der Waals surface area contributed by atoms with Gasteiger partial charge in [-0.05, 0) is 57.8 Å². The molecule has 2 aliphatic heterocycles. The molecule has 5 aromatic rings. The lowest BCUT2D eigenvalue weighted by atomic mass is 9.36. The molecule has 5 aromatic carbocycles. The van der Waals surface area contributed by atoms with E-state index >= 15 is 0 Å². The molecule has 0 saturated heterocycles. The minimum absolute atomic E-state index is 0.0275. The molecule has 2 heterocycles. The van der Waals surface area contributed by atoms with Gasteiger partial charge in [0.05, 0.1) is 22.1 Å². The van der Waals surface area contributed by atoms with Crippen LogP contribution in [0.15, 0.2) is 115 Å². The Hall–Kier alpha value is -3.95. The second-order valence-corrected chi connectivity index (χ2v) is 10.7. The first-order chi connectivity index (χ1) is 18.1. The van der Waals surface area contributed by atoms with E-state index in [0.29, 0.717) is 0 Å². The third kappa shape index (κ3) is 3.27. The summed E-state index contributed by atoms with van der Waals surface area (Å²) in [6.45, 7) is 4.58. The Morgan fingerprint density at radius 2 is 1.03 bits per heavy atom. The van der Waals surface area contributed by atoms with Crippen molar-refractivity contribution in [3.8, 4) is 11.5 Å². The van der Waals surface area contributed by atoms with Gasteiger partial charge in [0.1, 0.15) is 11.5 Å². The number of hydrogen-bond acceptors (Lipinski definition) is 2. The van der Waals surface area contributed by atoms with Crippen LogP contribution in [-0.4, -0.2) is 6.71 Å². The zero-order valence-corrected chi connectivity index (χ0v) is 21.5. The molecule has 0 amide bonds. The summed E-state index contributed by atoms with van der Waals surface area (Å²) in [6.07, 6.45) is 0. The predicted molar refractivity (Wildman–Crippen MR) is 156 cm³/mol. The first-order valence-electron chi connectivity index (χ1n) is 12.7. The summed E-state index contributed by atoms with van der Waals surface area (Å²) in [6, 6.07) is 40.3. The number of benzene rings is 5.